The van der Waals surface area contributed by atoms with Crippen LogP contribution in [0.25, 0.3) is 10.2 Å². The lowest BCUT2D eigenvalue weighted by molar-refractivity contribution is -0.118. The number of ether oxygens (including phenoxy) is 2. The van der Waals surface area contributed by atoms with E-state index >= 15 is 0 Å². The number of rotatable bonds is 10. The van der Waals surface area contributed by atoms with E-state index in [9.17, 15) is 4.79 Å². The van der Waals surface area contributed by atoms with Crippen molar-refractivity contribution in [1.29, 1.82) is 0 Å². The minimum atomic E-state index is -0.0250. The van der Waals surface area contributed by atoms with Gasteiger partial charge in [-0.25, -0.2) is 4.98 Å². The number of hydrogen-bond donors (Lipinski definition) is 1. The molecule has 3 aromatic carbocycles. The Labute approximate surface area is 217 Å². The van der Waals surface area contributed by atoms with Crippen LogP contribution in [0.2, 0.25) is 5.02 Å². The Morgan fingerprint density at radius 1 is 1.09 bits per heavy atom. The number of methoxy groups -OCH3 is 2. The van der Waals surface area contributed by atoms with Crippen molar-refractivity contribution in [2.75, 3.05) is 26.5 Å². The maximum absolute atomic E-state index is 12.3. The van der Waals surface area contributed by atoms with E-state index in [0.717, 1.165) is 31.4 Å². The molecule has 4 rings (SSSR count). The lowest BCUT2D eigenvalue weighted by Gasteiger charge is -2.10. The third-order valence-corrected chi connectivity index (χ3v) is 7.51. The average molecular weight is 526 g/mol. The molecule has 1 heterocycles. The molecule has 0 unspecified atom stereocenters. The van der Waals surface area contributed by atoms with E-state index in [2.05, 4.69) is 15.3 Å². The lowest BCUT2D eigenvalue weighted by atomic mass is 10.1. The number of fused-ring (bicyclic) bond motifs is 1. The molecule has 0 aliphatic rings. The second kappa shape index (κ2) is 12.1. The van der Waals surface area contributed by atoms with Crippen LogP contribution < -0.4 is 14.8 Å². The molecule has 0 aliphatic heterocycles. The van der Waals surface area contributed by atoms with Crippen molar-refractivity contribution in [1.82, 2.24) is 10.3 Å². The van der Waals surface area contributed by atoms with Gasteiger partial charge in [-0.3, -0.25) is 9.79 Å². The number of thiazole rings is 1. The third kappa shape index (κ3) is 6.97. The normalized spacial score (nSPS) is 11.2. The van der Waals surface area contributed by atoms with Crippen molar-refractivity contribution in [3.05, 3.63) is 76.8 Å². The van der Waals surface area contributed by atoms with Gasteiger partial charge in [0.15, 0.2) is 15.8 Å². The van der Waals surface area contributed by atoms with Crippen molar-refractivity contribution in [3.8, 4) is 11.5 Å². The topological polar surface area (TPSA) is 72.8 Å². The number of aliphatic imine (C=N–C) groups is 1. The zero-order chi connectivity index (χ0) is 24.6. The van der Waals surface area contributed by atoms with Gasteiger partial charge in [0.1, 0.15) is 0 Å². The van der Waals surface area contributed by atoms with Gasteiger partial charge in [0.05, 0.1) is 35.9 Å². The van der Waals surface area contributed by atoms with Gasteiger partial charge in [-0.15, -0.1) is 11.3 Å². The van der Waals surface area contributed by atoms with Crippen LogP contribution >= 0.6 is 34.7 Å². The maximum atomic E-state index is 12.3. The van der Waals surface area contributed by atoms with Gasteiger partial charge >= 0.3 is 0 Å². The van der Waals surface area contributed by atoms with Gasteiger partial charge < -0.3 is 14.8 Å². The fraction of sp³-hybridized carbons (Fsp3) is 0.192. The van der Waals surface area contributed by atoms with E-state index in [-0.39, 0.29) is 5.91 Å². The molecule has 1 amide bonds. The van der Waals surface area contributed by atoms with Gasteiger partial charge in [-0.1, -0.05) is 41.6 Å². The largest absolute Gasteiger partial charge is 0.493 e. The predicted molar refractivity (Wildman–Crippen MR) is 145 cm³/mol. The highest BCUT2D eigenvalue weighted by molar-refractivity contribution is 8.01. The first-order chi connectivity index (χ1) is 17.0. The fourth-order valence-corrected chi connectivity index (χ4v) is 5.35. The summed E-state index contributed by atoms with van der Waals surface area (Å²) in [6, 6.07) is 19.2. The van der Waals surface area contributed by atoms with Crippen LogP contribution in [0.4, 0.5) is 5.69 Å². The Kier molecular flexibility index (Phi) is 8.63. The summed E-state index contributed by atoms with van der Waals surface area (Å²) in [6.07, 6.45) is 2.51. The zero-order valence-electron chi connectivity index (χ0n) is 19.3. The Bertz CT molecular complexity index is 1340. The van der Waals surface area contributed by atoms with Crippen molar-refractivity contribution in [3.63, 3.8) is 0 Å². The van der Waals surface area contributed by atoms with Crippen LogP contribution in [0.15, 0.2) is 70.0 Å². The van der Waals surface area contributed by atoms with Crippen molar-refractivity contribution < 1.29 is 14.3 Å². The average Bonchev–Trinajstić information content (AvgIpc) is 3.29. The van der Waals surface area contributed by atoms with Gasteiger partial charge in [-0.2, -0.15) is 0 Å². The van der Waals surface area contributed by atoms with Crippen LogP contribution in [0.3, 0.4) is 0 Å². The molecule has 35 heavy (non-hydrogen) atoms. The van der Waals surface area contributed by atoms with Crippen LogP contribution in [0.5, 0.6) is 11.5 Å². The van der Waals surface area contributed by atoms with E-state index in [0.29, 0.717) is 35.2 Å². The smallest absolute Gasteiger partial charge is 0.230 e. The van der Waals surface area contributed by atoms with Crippen molar-refractivity contribution in [2.45, 2.75) is 10.8 Å². The highest BCUT2D eigenvalue weighted by Gasteiger charge is 2.09. The third-order valence-electron chi connectivity index (χ3n) is 5.10. The first-order valence-corrected chi connectivity index (χ1v) is 13.0. The Hall–Kier alpha value is -3.07. The molecule has 0 saturated heterocycles. The second-order valence-electron chi connectivity index (χ2n) is 7.52. The first-order valence-electron chi connectivity index (χ1n) is 10.8. The van der Waals surface area contributed by atoms with Gasteiger partial charge in [0.2, 0.25) is 5.91 Å². The van der Waals surface area contributed by atoms with E-state index in [1.165, 1.54) is 11.8 Å². The van der Waals surface area contributed by atoms with E-state index in [4.69, 9.17) is 21.1 Å². The highest BCUT2D eigenvalue weighted by Crippen LogP contribution is 2.32. The van der Waals surface area contributed by atoms with Crippen LogP contribution in [0, 0.1) is 0 Å². The number of aromatic nitrogens is 1. The molecule has 0 atom stereocenters. The van der Waals surface area contributed by atoms with Crippen molar-refractivity contribution >= 4 is 62.7 Å². The lowest BCUT2D eigenvalue weighted by Crippen LogP contribution is -2.27. The number of carbonyl (C=O) groups is 1. The summed E-state index contributed by atoms with van der Waals surface area (Å²) >= 11 is 8.92. The summed E-state index contributed by atoms with van der Waals surface area (Å²) < 4.78 is 12.5. The minimum absolute atomic E-state index is 0.0250. The summed E-state index contributed by atoms with van der Waals surface area (Å²) in [5, 5.41) is 3.66. The molecule has 4 aromatic rings. The summed E-state index contributed by atoms with van der Waals surface area (Å²) in [4.78, 5) is 21.5. The monoisotopic (exact) mass is 525 g/mol. The summed E-state index contributed by atoms with van der Waals surface area (Å²) in [7, 11) is 3.22. The molecule has 6 nitrogen and oxygen atoms in total. The molecule has 1 aromatic heterocycles. The molecular formula is C26H24ClN3O3S2. The summed E-state index contributed by atoms with van der Waals surface area (Å²) in [5.74, 6) is 1.66. The molecule has 1 N–H and O–H groups in total. The minimum Gasteiger partial charge on any atom is -0.493 e. The van der Waals surface area contributed by atoms with Gasteiger partial charge in [0.25, 0.3) is 0 Å². The summed E-state index contributed by atoms with van der Waals surface area (Å²) in [6.45, 7) is 0.545. The number of nitrogens with one attached hydrogen (secondary N) is 1. The number of benzene rings is 3. The SMILES string of the molecule is COc1ccc(CCNC(=O)CSc2nc3ccc(N=Cc4ccc(Cl)cc4)cc3s2)cc1OC. The Morgan fingerprint density at radius 3 is 2.66 bits per heavy atom. The zero-order valence-corrected chi connectivity index (χ0v) is 21.7. The van der Waals surface area contributed by atoms with Crippen molar-refractivity contribution in [2.24, 2.45) is 4.99 Å². The molecule has 0 fully saturated rings. The number of nitrogens with zero attached hydrogens (tertiary/aromatic N) is 2. The van der Waals surface area contributed by atoms with E-state index in [1.807, 2.05) is 60.7 Å². The molecule has 0 aliphatic carbocycles. The number of hydrogen-bond acceptors (Lipinski definition) is 7. The Morgan fingerprint density at radius 2 is 1.89 bits per heavy atom. The maximum Gasteiger partial charge on any atom is 0.230 e. The standard InChI is InChI=1S/C26H24ClN3O3S2/c1-32-22-10-5-17(13-23(22)33-2)11-12-28-25(31)16-34-26-30-21-9-8-20(14-24(21)35-26)29-15-18-3-6-19(27)7-4-18/h3-10,13-15H,11-12,16H2,1-2H3,(H,28,31). The molecular weight excluding hydrogens is 502 g/mol. The van der Waals surface area contributed by atoms with E-state index < -0.39 is 0 Å². The van der Waals surface area contributed by atoms with Gasteiger partial charge in [-0.05, 0) is 60.0 Å². The molecule has 0 spiro atoms. The fourth-order valence-electron chi connectivity index (χ4n) is 3.29. The van der Waals surface area contributed by atoms with Gasteiger partial charge in [0, 0.05) is 17.8 Å². The molecule has 0 radical (unpaired) electrons. The molecule has 0 saturated carbocycles. The van der Waals surface area contributed by atoms with E-state index in [1.54, 1.807) is 31.8 Å². The summed E-state index contributed by atoms with van der Waals surface area (Å²) in [5.41, 5.74) is 3.79. The molecule has 0 bridgehead atoms. The van der Waals surface area contributed by atoms with Crippen LogP contribution in [-0.2, 0) is 11.2 Å². The second-order valence-corrected chi connectivity index (χ2v) is 10.2. The first kappa shape index (κ1) is 25.0. The van der Waals surface area contributed by atoms with Crippen LogP contribution in [0.1, 0.15) is 11.1 Å². The number of thioether (sulfide) groups is 1. The predicted octanol–water partition coefficient (Wildman–Crippen LogP) is 6.17. The number of halogens is 1. The number of carbonyl (C=O) groups excluding carboxylic acids is 1. The number of amides is 1. The molecule has 180 valence electrons. The van der Waals surface area contributed by atoms with Crippen LogP contribution in [-0.4, -0.2) is 43.6 Å². The quantitative estimate of drug-likeness (QED) is 0.198. The molecule has 9 heteroatoms. The Balaban J connectivity index is 1.27. The highest BCUT2D eigenvalue weighted by atomic mass is 35.5.